The molecule has 0 saturated carbocycles. The average molecular weight is 262 g/mol. The highest BCUT2D eigenvalue weighted by atomic mass is 16.5. The van der Waals surface area contributed by atoms with Crippen LogP contribution in [-0.2, 0) is 0 Å². The number of Topliss-reactive ketones (excluding diaryl/α,β-unsaturated/α-hetero) is 1. The van der Waals surface area contributed by atoms with E-state index in [4.69, 9.17) is 13.9 Å². The largest absolute Gasteiger partial charge is 0.497 e. The van der Waals surface area contributed by atoms with E-state index in [-0.39, 0.29) is 17.1 Å². The third-order valence-electron chi connectivity index (χ3n) is 2.71. The van der Waals surface area contributed by atoms with Gasteiger partial charge in [-0.3, -0.25) is 4.79 Å². The third kappa shape index (κ3) is 2.31. The molecule has 0 atom stereocenters. The van der Waals surface area contributed by atoms with Crippen molar-refractivity contribution in [1.82, 2.24) is 0 Å². The van der Waals surface area contributed by atoms with Gasteiger partial charge in [0.05, 0.1) is 19.1 Å². The minimum Gasteiger partial charge on any atom is -0.497 e. The lowest BCUT2D eigenvalue weighted by atomic mass is 10.1. The number of rotatable bonds is 4. The van der Waals surface area contributed by atoms with Gasteiger partial charge in [-0.15, -0.1) is 0 Å². The molecule has 0 saturated heterocycles. The van der Waals surface area contributed by atoms with Crippen LogP contribution in [0.2, 0.25) is 0 Å². The Balaban J connectivity index is 2.83. The van der Waals surface area contributed by atoms with Crippen LogP contribution in [0.5, 0.6) is 11.5 Å². The maximum Gasteiger partial charge on any atom is 0.351 e. The first-order chi connectivity index (χ1) is 9.08. The molecule has 0 N–H and O–H groups in total. The Morgan fingerprint density at radius 1 is 1.37 bits per heavy atom. The van der Waals surface area contributed by atoms with E-state index in [2.05, 4.69) is 0 Å². The van der Waals surface area contributed by atoms with Gasteiger partial charge in [0, 0.05) is 6.07 Å². The van der Waals surface area contributed by atoms with Crippen molar-refractivity contribution in [3.05, 3.63) is 34.2 Å². The van der Waals surface area contributed by atoms with Crippen LogP contribution in [0.1, 0.15) is 24.2 Å². The maximum absolute atomic E-state index is 11.9. The van der Waals surface area contributed by atoms with Crippen LogP contribution in [-0.4, -0.2) is 19.5 Å². The first-order valence-electron chi connectivity index (χ1n) is 5.87. The average Bonchev–Trinajstić information content (AvgIpc) is 2.37. The number of hydrogen-bond donors (Lipinski definition) is 0. The lowest BCUT2D eigenvalue weighted by Gasteiger charge is -2.10. The molecule has 1 aromatic carbocycles. The summed E-state index contributed by atoms with van der Waals surface area (Å²) in [6, 6.07) is 5.01. The molecule has 5 heteroatoms. The quantitative estimate of drug-likeness (QED) is 0.625. The number of ketones is 1. The van der Waals surface area contributed by atoms with Gasteiger partial charge >= 0.3 is 5.63 Å². The van der Waals surface area contributed by atoms with Gasteiger partial charge in [-0.25, -0.2) is 4.79 Å². The van der Waals surface area contributed by atoms with Crippen LogP contribution >= 0.6 is 0 Å². The van der Waals surface area contributed by atoms with Crippen molar-refractivity contribution in [3.8, 4) is 11.5 Å². The fourth-order valence-corrected chi connectivity index (χ4v) is 1.88. The molecule has 0 amide bonds. The van der Waals surface area contributed by atoms with Crippen LogP contribution in [0.25, 0.3) is 11.0 Å². The molecular weight excluding hydrogens is 248 g/mol. The number of benzene rings is 1. The van der Waals surface area contributed by atoms with Crippen molar-refractivity contribution in [2.24, 2.45) is 0 Å². The highest BCUT2D eigenvalue weighted by Gasteiger charge is 2.19. The Hall–Kier alpha value is -2.30. The van der Waals surface area contributed by atoms with Gasteiger partial charge in [0.25, 0.3) is 0 Å². The SMILES string of the molecule is CCOc1c(C(C)=O)c(=O)oc2cc(OC)ccc12. The molecule has 0 radical (unpaired) electrons. The Kier molecular flexibility index (Phi) is 3.55. The summed E-state index contributed by atoms with van der Waals surface area (Å²) in [5.41, 5.74) is -0.422. The summed E-state index contributed by atoms with van der Waals surface area (Å²) in [4.78, 5) is 23.4. The van der Waals surface area contributed by atoms with Crippen molar-refractivity contribution in [2.75, 3.05) is 13.7 Å². The van der Waals surface area contributed by atoms with E-state index in [0.29, 0.717) is 23.3 Å². The molecule has 1 heterocycles. The van der Waals surface area contributed by atoms with Crippen molar-refractivity contribution in [2.45, 2.75) is 13.8 Å². The summed E-state index contributed by atoms with van der Waals surface area (Å²) >= 11 is 0. The summed E-state index contributed by atoms with van der Waals surface area (Å²) in [6.07, 6.45) is 0. The topological polar surface area (TPSA) is 65.7 Å². The zero-order valence-electron chi connectivity index (χ0n) is 11.0. The molecule has 0 unspecified atom stereocenters. The van der Waals surface area contributed by atoms with E-state index in [0.717, 1.165) is 0 Å². The van der Waals surface area contributed by atoms with E-state index < -0.39 is 5.63 Å². The molecule has 2 rings (SSSR count). The Labute approximate surface area is 109 Å². The third-order valence-corrected chi connectivity index (χ3v) is 2.71. The number of hydrogen-bond acceptors (Lipinski definition) is 5. The molecule has 0 bridgehead atoms. The highest BCUT2D eigenvalue weighted by Crippen LogP contribution is 2.30. The number of fused-ring (bicyclic) bond motifs is 1. The van der Waals surface area contributed by atoms with E-state index in [1.165, 1.54) is 14.0 Å². The van der Waals surface area contributed by atoms with Gasteiger partial charge in [0.2, 0.25) is 0 Å². The lowest BCUT2D eigenvalue weighted by Crippen LogP contribution is -2.14. The molecule has 5 nitrogen and oxygen atoms in total. The fraction of sp³-hybridized carbons (Fsp3) is 0.286. The van der Waals surface area contributed by atoms with Gasteiger partial charge in [0.1, 0.15) is 22.6 Å². The summed E-state index contributed by atoms with van der Waals surface area (Å²) in [5.74, 6) is 0.451. The molecule has 0 aliphatic rings. The van der Waals surface area contributed by atoms with Crippen molar-refractivity contribution in [1.29, 1.82) is 0 Å². The van der Waals surface area contributed by atoms with E-state index in [1.54, 1.807) is 25.1 Å². The molecule has 0 aliphatic heterocycles. The predicted octanol–water partition coefficient (Wildman–Crippen LogP) is 2.40. The van der Waals surface area contributed by atoms with Crippen LogP contribution < -0.4 is 15.1 Å². The smallest absolute Gasteiger partial charge is 0.351 e. The summed E-state index contributed by atoms with van der Waals surface area (Å²) in [7, 11) is 1.52. The Morgan fingerprint density at radius 2 is 2.11 bits per heavy atom. The van der Waals surface area contributed by atoms with Gasteiger partial charge in [-0.1, -0.05) is 0 Å². The molecule has 0 spiro atoms. The summed E-state index contributed by atoms with van der Waals surface area (Å²) in [6.45, 7) is 3.45. The zero-order chi connectivity index (χ0) is 14.0. The number of carbonyl (C=O) groups excluding carboxylic acids is 1. The van der Waals surface area contributed by atoms with Crippen LogP contribution in [0.15, 0.2) is 27.4 Å². The molecule has 2 aromatic rings. The monoisotopic (exact) mass is 262 g/mol. The molecule has 1 aromatic heterocycles. The van der Waals surface area contributed by atoms with E-state index in [1.807, 2.05) is 0 Å². The molecule has 100 valence electrons. The van der Waals surface area contributed by atoms with Crippen LogP contribution in [0.4, 0.5) is 0 Å². The number of carbonyl (C=O) groups is 1. The van der Waals surface area contributed by atoms with E-state index in [9.17, 15) is 9.59 Å². The second-order valence-corrected chi connectivity index (χ2v) is 3.94. The lowest BCUT2D eigenvalue weighted by molar-refractivity contribution is 0.101. The first kappa shape index (κ1) is 13.1. The van der Waals surface area contributed by atoms with Crippen LogP contribution in [0, 0.1) is 0 Å². The fourth-order valence-electron chi connectivity index (χ4n) is 1.88. The maximum atomic E-state index is 11.9. The van der Waals surface area contributed by atoms with Crippen molar-refractivity contribution < 1.29 is 18.7 Å². The predicted molar refractivity (Wildman–Crippen MR) is 70.2 cm³/mol. The minimum absolute atomic E-state index is 0.0560. The zero-order valence-corrected chi connectivity index (χ0v) is 11.0. The van der Waals surface area contributed by atoms with E-state index >= 15 is 0 Å². The summed E-state index contributed by atoms with van der Waals surface area (Å²) in [5, 5.41) is 0.576. The van der Waals surface area contributed by atoms with Gasteiger partial charge < -0.3 is 13.9 Å². The molecule has 19 heavy (non-hydrogen) atoms. The molecular formula is C14H14O5. The standard InChI is InChI=1S/C14H14O5/c1-4-18-13-10-6-5-9(17-3)7-11(10)19-14(16)12(13)8(2)15/h5-7H,4H2,1-3H3. The Bertz CT molecular complexity index is 684. The minimum atomic E-state index is -0.697. The molecule has 0 aliphatic carbocycles. The first-order valence-corrected chi connectivity index (χ1v) is 5.87. The van der Waals surface area contributed by atoms with Crippen molar-refractivity contribution >= 4 is 16.8 Å². The highest BCUT2D eigenvalue weighted by molar-refractivity contribution is 6.01. The Morgan fingerprint density at radius 3 is 2.68 bits per heavy atom. The van der Waals surface area contributed by atoms with Crippen molar-refractivity contribution in [3.63, 3.8) is 0 Å². The normalized spacial score (nSPS) is 10.5. The van der Waals surface area contributed by atoms with Crippen LogP contribution in [0.3, 0.4) is 0 Å². The summed E-state index contributed by atoms with van der Waals surface area (Å²) < 4.78 is 15.7. The second kappa shape index (κ2) is 5.14. The second-order valence-electron chi connectivity index (χ2n) is 3.94. The number of ether oxygens (including phenoxy) is 2. The van der Waals surface area contributed by atoms with Gasteiger partial charge in [-0.05, 0) is 26.0 Å². The molecule has 0 fully saturated rings. The van der Waals surface area contributed by atoms with Gasteiger partial charge in [-0.2, -0.15) is 0 Å². The number of methoxy groups -OCH3 is 1. The van der Waals surface area contributed by atoms with Gasteiger partial charge in [0.15, 0.2) is 5.78 Å².